The van der Waals surface area contributed by atoms with E-state index < -0.39 is 0 Å². The van der Waals surface area contributed by atoms with E-state index in [-0.39, 0.29) is 11.4 Å². The molecule has 1 aliphatic carbocycles. The summed E-state index contributed by atoms with van der Waals surface area (Å²) in [6, 6.07) is 0. The maximum Gasteiger partial charge on any atom is 0.305 e. The van der Waals surface area contributed by atoms with Gasteiger partial charge in [0, 0.05) is 11.8 Å². The first kappa shape index (κ1) is 16.5. The third-order valence-electron chi connectivity index (χ3n) is 5.31. The van der Waals surface area contributed by atoms with Gasteiger partial charge in [-0.3, -0.25) is 4.79 Å². The molecule has 0 aromatic carbocycles. The Hall–Kier alpha value is -0.530. The minimum absolute atomic E-state index is 0.0711. The van der Waals surface area contributed by atoms with Crippen molar-refractivity contribution in [3.8, 4) is 0 Å². The van der Waals surface area contributed by atoms with E-state index in [1.165, 1.54) is 32.1 Å². The van der Waals surface area contributed by atoms with Gasteiger partial charge < -0.3 is 4.74 Å². The molecule has 0 radical (unpaired) electrons. The van der Waals surface area contributed by atoms with Crippen molar-refractivity contribution in [3.63, 3.8) is 0 Å². The largest absolute Gasteiger partial charge is 0.465 e. The molecule has 0 aliphatic heterocycles. The Kier molecular flexibility index (Phi) is 6.35. The van der Waals surface area contributed by atoms with Crippen LogP contribution in [0.3, 0.4) is 0 Å². The van der Waals surface area contributed by atoms with E-state index >= 15 is 0 Å². The van der Waals surface area contributed by atoms with Crippen LogP contribution < -0.4 is 0 Å². The van der Waals surface area contributed by atoms with Crippen LogP contribution >= 0.6 is 0 Å². The van der Waals surface area contributed by atoms with Gasteiger partial charge in [-0.25, -0.2) is 0 Å². The first-order valence-corrected chi connectivity index (χ1v) is 8.04. The van der Waals surface area contributed by atoms with Gasteiger partial charge in [0.05, 0.1) is 6.61 Å². The highest BCUT2D eigenvalue weighted by atomic mass is 16.5. The van der Waals surface area contributed by atoms with Crippen LogP contribution in [-0.2, 0) is 9.53 Å². The monoisotopic (exact) mass is 268 g/mol. The van der Waals surface area contributed by atoms with Crippen LogP contribution in [0, 0.1) is 23.2 Å². The van der Waals surface area contributed by atoms with Crippen LogP contribution in [0.25, 0.3) is 0 Å². The van der Waals surface area contributed by atoms with Crippen LogP contribution in [-0.4, -0.2) is 12.6 Å². The molecule has 0 heterocycles. The number of rotatable bonds is 6. The Morgan fingerprint density at radius 3 is 2.32 bits per heavy atom. The third kappa shape index (κ3) is 4.81. The molecule has 0 N–H and O–H groups in total. The second-order valence-corrected chi connectivity index (χ2v) is 7.05. The molecule has 2 heteroatoms. The van der Waals surface area contributed by atoms with Crippen molar-refractivity contribution >= 4 is 5.97 Å². The summed E-state index contributed by atoms with van der Waals surface area (Å²) in [7, 11) is 0. The summed E-state index contributed by atoms with van der Waals surface area (Å²) in [6.45, 7) is 11.6. The molecule has 0 spiro atoms. The van der Waals surface area contributed by atoms with E-state index in [2.05, 4.69) is 27.7 Å². The molecule has 0 bridgehead atoms. The zero-order chi connectivity index (χ0) is 14.5. The number of hydrogen-bond donors (Lipinski definition) is 0. The van der Waals surface area contributed by atoms with Gasteiger partial charge in [-0.15, -0.1) is 0 Å². The summed E-state index contributed by atoms with van der Waals surface area (Å²) in [6.07, 6.45) is 7.45. The van der Waals surface area contributed by atoms with Gasteiger partial charge in [0.1, 0.15) is 0 Å². The zero-order valence-electron chi connectivity index (χ0n) is 13.5. The molecular formula is C17H32O2. The van der Waals surface area contributed by atoms with E-state index in [0.717, 1.165) is 11.8 Å². The predicted octanol–water partition coefficient (Wildman–Crippen LogP) is 4.82. The van der Waals surface area contributed by atoms with Crippen molar-refractivity contribution in [2.75, 3.05) is 6.61 Å². The number of carbonyl (C=O) groups is 1. The number of carbonyl (C=O) groups excluding carboxylic acids is 1. The topological polar surface area (TPSA) is 26.3 Å². The number of hydrogen-bond acceptors (Lipinski definition) is 2. The van der Waals surface area contributed by atoms with Gasteiger partial charge in [0.2, 0.25) is 0 Å². The van der Waals surface area contributed by atoms with Crippen molar-refractivity contribution < 1.29 is 9.53 Å². The van der Waals surface area contributed by atoms with E-state index in [0.29, 0.717) is 18.9 Å². The quantitative estimate of drug-likeness (QED) is 0.646. The SMILES string of the molecule is CCC(=O)OCC(C)(C)[C@@H](C)[C@H](C)C1CCCCC1. The highest BCUT2D eigenvalue weighted by Crippen LogP contribution is 2.41. The Balaban J connectivity index is 2.52. The molecule has 0 saturated heterocycles. The molecule has 1 aliphatic rings. The maximum atomic E-state index is 11.3. The van der Waals surface area contributed by atoms with Crippen molar-refractivity contribution in [2.45, 2.75) is 73.1 Å². The van der Waals surface area contributed by atoms with Crippen LogP contribution in [0.15, 0.2) is 0 Å². The lowest BCUT2D eigenvalue weighted by molar-refractivity contribution is -0.148. The van der Waals surface area contributed by atoms with E-state index in [9.17, 15) is 4.79 Å². The molecular weight excluding hydrogens is 236 g/mol. The minimum atomic E-state index is -0.0782. The summed E-state index contributed by atoms with van der Waals surface area (Å²) in [4.78, 5) is 11.3. The molecule has 0 unspecified atom stereocenters. The Morgan fingerprint density at radius 1 is 1.21 bits per heavy atom. The van der Waals surface area contributed by atoms with Gasteiger partial charge in [0.25, 0.3) is 0 Å². The fraction of sp³-hybridized carbons (Fsp3) is 0.941. The molecule has 1 rings (SSSR count). The zero-order valence-corrected chi connectivity index (χ0v) is 13.5. The summed E-state index contributed by atoms with van der Waals surface area (Å²) >= 11 is 0. The molecule has 19 heavy (non-hydrogen) atoms. The number of ether oxygens (including phenoxy) is 1. The molecule has 2 nitrogen and oxygen atoms in total. The van der Waals surface area contributed by atoms with Crippen LogP contribution in [0.5, 0.6) is 0 Å². The second-order valence-electron chi connectivity index (χ2n) is 7.05. The Morgan fingerprint density at radius 2 is 1.79 bits per heavy atom. The fourth-order valence-electron chi connectivity index (χ4n) is 3.28. The highest BCUT2D eigenvalue weighted by molar-refractivity contribution is 5.68. The summed E-state index contributed by atoms with van der Waals surface area (Å²) in [5.74, 6) is 2.09. The van der Waals surface area contributed by atoms with Crippen molar-refractivity contribution in [1.82, 2.24) is 0 Å². The van der Waals surface area contributed by atoms with Gasteiger partial charge in [0.15, 0.2) is 0 Å². The smallest absolute Gasteiger partial charge is 0.305 e. The van der Waals surface area contributed by atoms with Gasteiger partial charge >= 0.3 is 5.97 Å². The predicted molar refractivity (Wildman–Crippen MR) is 79.9 cm³/mol. The molecule has 1 saturated carbocycles. The average Bonchev–Trinajstić information content (AvgIpc) is 2.44. The van der Waals surface area contributed by atoms with Gasteiger partial charge in [-0.05, 0) is 17.8 Å². The van der Waals surface area contributed by atoms with Gasteiger partial charge in [-0.2, -0.15) is 0 Å². The standard InChI is InChI=1S/C17H32O2/c1-6-16(18)19-12-17(4,5)14(3)13(2)15-10-8-7-9-11-15/h13-15H,6-12H2,1-5H3/t13-,14-/m0/s1. The highest BCUT2D eigenvalue weighted by Gasteiger charge is 2.35. The van der Waals surface area contributed by atoms with Crippen LogP contribution in [0.4, 0.5) is 0 Å². The number of esters is 1. The Bertz CT molecular complexity index is 277. The van der Waals surface area contributed by atoms with Crippen LogP contribution in [0.1, 0.15) is 73.1 Å². The lowest BCUT2D eigenvalue weighted by atomic mass is 9.67. The van der Waals surface area contributed by atoms with E-state index in [1.54, 1.807) is 0 Å². The van der Waals surface area contributed by atoms with Crippen LogP contribution in [0.2, 0.25) is 0 Å². The maximum absolute atomic E-state index is 11.3. The summed E-state index contributed by atoms with van der Waals surface area (Å²) < 4.78 is 5.38. The second kappa shape index (κ2) is 7.31. The molecule has 0 aromatic heterocycles. The van der Waals surface area contributed by atoms with E-state index in [1.807, 2.05) is 6.92 Å². The summed E-state index contributed by atoms with van der Waals surface area (Å²) in [5, 5.41) is 0. The van der Waals surface area contributed by atoms with Crippen molar-refractivity contribution in [3.05, 3.63) is 0 Å². The molecule has 112 valence electrons. The lowest BCUT2D eigenvalue weighted by Crippen LogP contribution is -2.35. The average molecular weight is 268 g/mol. The summed E-state index contributed by atoms with van der Waals surface area (Å²) in [5.41, 5.74) is 0.0711. The normalized spacial score (nSPS) is 20.9. The molecule has 0 amide bonds. The minimum Gasteiger partial charge on any atom is -0.465 e. The fourth-order valence-corrected chi connectivity index (χ4v) is 3.28. The molecule has 0 aromatic rings. The Labute approximate surface area is 119 Å². The van der Waals surface area contributed by atoms with Crippen molar-refractivity contribution in [2.24, 2.45) is 23.2 Å². The lowest BCUT2D eigenvalue weighted by Gasteiger charge is -2.40. The van der Waals surface area contributed by atoms with Gasteiger partial charge in [-0.1, -0.05) is 66.7 Å². The first-order valence-electron chi connectivity index (χ1n) is 8.04. The van der Waals surface area contributed by atoms with E-state index in [4.69, 9.17) is 4.74 Å². The first-order chi connectivity index (χ1) is 8.88. The molecule has 2 atom stereocenters. The third-order valence-corrected chi connectivity index (χ3v) is 5.31. The van der Waals surface area contributed by atoms with Crippen molar-refractivity contribution in [1.29, 1.82) is 0 Å². The molecule has 1 fully saturated rings.